The summed E-state index contributed by atoms with van der Waals surface area (Å²) < 4.78 is 5.41. The van der Waals surface area contributed by atoms with Crippen LogP contribution in [0.3, 0.4) is 0 Å². The number of hydrogen-bond donors (Lipinski definition) is 0. The van der Waals surface area contributed by atoms with E-state index in [0.717, 1.165) is 12.6 Å². The number of likely N-dealkylation sites (tertiary alicyclic amines) is 1. The van der Waals surface area contributed by atoms with E-state index < -0.39 is 0 Å². The van der Waals surface area contributed by atoms with E-state index in [1.54, 1.807) is 0 Å². The minimum absolute atomic E-state index is 0.492. The van der Waals surface area contributed by atoms with Gasteiger partial charge in [-0.15, -0.1) is 0 Å². The summed E-state index contributed by atoms with van der Waals surface area (Å²) in [6.07, 6.45) is 7.03. The van der Waals surface area contributed by atoms with Gasteiger partial charge in [-0.2, -0.15) is 0 Å². The molecule has 0 aliphatic carbocycles. The fourth-order valence-corrected chi connectivity index (χ4v) is 2.45. The van der Waals surface area contributed by atoms with Crippen LogP contribution in [0.4, 0.5) is 0 Å². The normalized spacial score (nSPS) is 23.6. The van der Waals surface area contributed by atoms with Crippen molar-refractivity contribution in [2.45, 2.75) is 58.1 Å². The van der Waals surface area contributed by atoms with Crippen LogP contribution >= 0.6 is 0 Å². The first kappa shape index (κ1) is 12.0. The van der Waals surface area contributed by atoms with Crippen molar-refractivity contribution in [3.05, 3.63) is 0 Å². The average Bonchev–Trinajstić information content (AvgIpc) is 2.65. The minimum atomic E-state index is 0.492. The molecule has 0 radical (unpaired) electrons. The van der Waals surface area contributed by atoms with Gasteiger partial charge in [0.25, 0.3) is 0 Å². The molecular formula is C12H25NO. The quantitative estimate of drug-likeness (QED) is 0.652. The summed E-state index contributed by atoms with van der Waals surface area (Å²) in [7, 11) is 1.84. The molecule has 0 saturated carbocycles. The lowest BCUT2D eigenvalue weighted by molar-refractivity contribution is 0.0983. The monoisotopic (exact) mass is 199 g/mol. The molecule has 0 aromatic heterocycles. The smallest absolute Gasteiger partial charge is 0.0710 e. The Hall–Kier alpha value is -0.0800. The van der Waals surface area contributed by atoms with E-state index in [1.807, 2.05) is 7.11 Å². The van der Waals surface area contributed by atoms with Crippen molar-refractivity contribution < 1.29 is 4.74 Å². The van der Waals surface area contributed by atoms with E-state index in [-0.39, 0.29) is 0 Å². The summed E-state index contributed by atoms with van der Waals surface area (Å²) in [5.74, 6) is 0. The summed E-state index contributed by atoms with van der Waals surface area (Å²) in [6.45, 7) is 6.96. The standard InChI is InChI=1S/C12H25NO/c1-4-6-11(7-5-2)13-9-8-12(10-13)14-3/h11-12H,4-10H2,1-3H3. The maximum absolute atomic E-state index is 5.41. The van der Waals surface area contributed by atoms with Gasteiger partial charge in [0.15, 0.2) is 0 Å². The van der Waals surface area contributed by atoms with Crippen molar-refractivity contribution in [3.8, 4) is 0 Å². The van der Waals surface area contributed by atoms with Gasteiger partial charge in [-0.05, 0) is 19.3 Å². The maximum Gasteiger partial charge on any atom is 0.0710 e. The molecule has 1 heterocycles. The van der Waals surface area contributed by atoms with Gasteiger partial charge >= 0.3 is 0 Å². The lowest BCUT2D eigenvalue weighted by Crippen LogP contribution is -2.34. The molecule has 1 rings (SSSR count). The molecule has 1 aliphatic heterocycles. The van der Waals surface area contributed by atoms with Crippen LogP contribution in [0.5, 0.6) is 0 Å². The van der Waals surface area contributed by atoms with Crippen molar-refractivity contribution in [1.29, 1.82) is 0 Å². The van der Waals surface area contributed by atoms with Gasteiger partial charge in [-0.3, -0.25) is 4.90 Å². The Morgan fingerprint density at radius 1 is 1.29 bits per heavy atom. The lowest BCUT2D eigenvalue weighted by atomic mass is 10.1. The van der Waals surface area contributed by atoms with Crippen LogP contribution < -0.4 is 0 Å². The van der Waals surface area contributed by atoms with Crippen molar-refractivity contribution in [2.24, 2.45) is 0 Å². The number of methoxy groups -OCH3 is 1. The predicted octanol–water partition coefficient (Wildman–Crippen LogP) is 2.68. The molecule has 0 N–H and O–H groups in total. The van der Waals surface area contributed by atoms with Crippen molar-refractivity contribution in [3.63, 3.8) is 0 Å². The Kier molecular flexibility index (Phi) is 5.49. The second kappa shape index (κ2) is 6.41. The van der Waals surface area contributed by atoms with Crippen LogP contribution in [-0.4, -0.2) is 37.2 Å². The second-order valence-corrected chi connectivity index (χ2v) is 4.37. The van der Waals surface area contributed by atoms with Crippen LogP contribution in [0.15, 0.2) is 0 Å². The number of hydrogen-bond acceptors (Lipinski definition) is 2. The summed E-state index contributed by atoms with van der Waals surface area (Å²) in [5, 5.41) is 0. The molecule has 0 amide bonds. The van der Waals surface area contributed by atoms with E-state index in [4.69, 9.17) is 4.74 Å². The van der Waals surface area contributed by atoms with Gasteiger partial charge in [0, 0.05) is 26.2 Å². The van der Waals surface area contributed by atoms with Gasteiger partial charge in [0.05, 0.1) is 6.10 Å². The molecule has 0 spiro atoms. The molecule has 0 aromatic carbocycles. The summed E-state index contributed by atoms with van der Waals surface area (Å²) in [6, 6.07) is 0.810. The van der Waals surface area contributed by atoms with Crippen molar-refractivity contribution in [2.75, 3.05) is 20.2 Å². The molecule has 1 aliphatic rings. The molecular weight excluding hydrogens is 174 g/mol. The third kappa shape index (κ3) is 3.25. The molecule has 1 unspecified atom stereocenters. The number of rotatable bonds is 6. The highest BCUT2D eigenvalue weighted by Gasteiger charge is 2.26. The van der Waals surface area contributed by atoms with Crippen molar-refractivity contribution >= 4 is 0 Å². The van der Waals surface area contributed by atoms with E-state index in [2.05, 4.69) is 18.7 Å². The predicted molar refractivity (Wildman–Crippen MR) is 60.6 cm³/mol. The summed E-state index contributed by atoms with van der Waals surface area (Å²) in [4.78, 5) is 2.63. The Morgan fingerprint density at radius 2 is 1.93 bits per heavy atom. The molecule has 14 heavy (non-hydrogen) atoms. The van der Waals surface area contributed by atoms with Gasteiger partial charge in [-0.1, -0.05) is 26.7 Å². The van der Waals surface area contributed by atoms with E-state index in [9.17, 15) is 0 Å². The molecule has 0 bridgehead atoms. The largest absolute Gasteiger partial charge is 0.380 e. The molecule has 1 atom stereocenters. The Morgan fingerprint density at radius 3 is 2.36 bits per heavy atom. The molecule has 1 saturated heterocycles. The third-order valence-corrected chi connectivity index (χ3v) is 3.27. The zero-order chi connectivity index (χ0) is 10.4. The van der Waals surface area contributed by atoms with Crippen molar-refractivity contribution in [1.82, 2.24) is 4.90 Å². The second-order valence-electron chi connectivity index (χ2n) is 4.37. The highest BCUT2D eigenvalue weighted by atomic mass is 16.5. The third-order valence-electron chi connectivity index (χ3n) is 3.27. The van der Waals surface area contributed by atoms with Crippen LogP contribution in [-0.2, 0) is 4.74 Å². The van der Waals surface area contributed by atoms with Gasteiger partial charge in [-0.25, -0.2) is 0 Å². The Balaban J connectivity index is 2.36. The summed E-state index contributed by atoms with van der Waals surface area (Å²) >= 11 is 0. The van der Waals surface area contributed by atoms with Crippen LogP contribution in [0.2, 0.25) is 0 Å². The van der Waals surface area contributed by atoms with E-state index in [1.165, 1.54) is 38.6 Å². The average molecular weight is 199 g/mol. The number of nitrogens with zero attached hydrogens (tertiary/aromatic N) is 1. The van der Waals surface area contributed by atoms with Crippen LogP contribution in [0.25, 0.3) is 0 Å². The summed E-state index contributed by atoms with van der Waals surface area (Å²) in [5.41, 5.74) is 0. The van der Waals surface area contributed by atoms with Crippen LogP contribution in [0, 0.1) is 0 Å². The van der Waals surface area contributed by atoms with Crippen LogP contribution in [0.1, 0.15) is 46.0 Å². The minimum Gasteiger partial charge on any atom is -0.380 e. The number of ether oxygens (including phenoxy) is 1. The van der Waals surface area contributed by atoms with Gasteiger partial charge in [0.2, 0.25) is 0 Å². The zero-order valence-corrected chi connectivity index (χ0v) is 9.96. The van der Waals surface area contributed by atoms with Gasteiger partial charge < -0.3 is 4.74 Å². The molecule has 84 valence electrons. The van der Waals surface area contributed by atoms with E-state index in [0.29, 0.717) is 6.10 Å². The van der Waals surface area contributed by atoms with Gasteiger partial charge in [0.1, 0.15) is 0 Å². The zero-order valence-electron chi connectivity index (χ0n) is 9.96. The highest BCUT2D eigenvalue weighted by Crippen LogP contribution is 2.20. The molecule has 2 nitrogen and oxygen atoms in total. The molecule has 2 heteroatoms. The SMILES string of the molecule is CCCC(CCC)N1CCC(OC)C1. The fourth-order valence-electron chi connectivity index (χ4n) is 2.45. The lowest BCUT2D eigenvalue weighted by Gasteiger charge is -2.27. The Labute approximate surface area is 88.6 Å². The fraction of sp³-hybridized carbons (Fsp3) is 1.00. The molecule has 0 aromatic rings. The highest BCUT2D eigenvalue weighted by molar-refractivity contribution is 4.81. The topological polar surface area (TPSA) is 12.5 Å². The Bertz CT molecular complexity index is 143. The maximum atomic E-state index is 5.41. The first-order chi connectivity index (χ1) is 6.81. The van der Waals surface area contributed by atoms with E-state index >= 15 is 0 Å². The first-order valence-electron chi connectivity index (χ1n) is 6.08. The molecule has 1 fully saturated rings. The first-order valence-corrected chi connectivity index (χ1v) is 6.08.